The summed E-state index contributed by atoms with van der Waals surface area (Å²) in [5.74, 6) is 0.0507. The number of carbonyl (C=O) groups is 1. The number of rotatable bonds is 5. The SMILES string of the molecule is C=CCOC(=O)/C(C#N)=C/c1ccc(-c2cccc(Cl)c2Cl)o1. The Hall–Kier alpha value is -2.48. The number of nitrogens with zero attached hydrogens (tertiary/aromatic N) is 1. The Kier molecular flexibility index (Phi) is 5.64. The third-order valence-electron chi connectivity index (χ3n) is 2.80. The fourth-order valence-electron chi connectivity index (χ4n) is 1.76. The van der Waals surface area contributed by atoms with Gasteiger partial charge >= 0.3 is 5.97 Å². The summed E-state index contributed by atoms with van der Waals surface area (Å²) in [4.78, 5) is 11.7. The first kappa shape index (κ1) is 16.9. The van der Waals surface area contributed by atoms with Gasteiger partial charge in [-0.2, -0.15) is 5.26 Å². The van der Waals surface area contributed by atoms with Gasteiger partial charge in [0, 0.05) is 11.6 Å². The van der Waals surface area contributed by atoms with Crippen LogP contribution in [0, 0.1) is 11.3 Å². The van der Waals surface area contributed by atoms with Gasteiger partial charge in [0.25, 0.3) is 0 Å². The second kappa shape index (κ2) is 7.68. The number of esters is 1. The lowest BCUT2D eigenvalue weighted by Crippen LogP contribution is -2.06. The van der Waals surface area contributed by atoms with Crippen molar-refractivity contribution in [2.24, 2.45) is 0 Å². The zero-order chi connectivity index (χ0) is 16.8. The van der Waals surface area contributed by atoms with Gasteiger partial charge in [-0.3, -0.25) is 0 Å². The van der Waals surface area contributed by atoms with E-state index < -0.39 is 5.97 Å². The van der Waals surface area contributed by atoms with Crippen LogP contribution < -0.4 is 0 Å². The summed E-state index contributed by atoms with van der Waals surface area (Å²) in [7, 11) is 0. The number of furan rings is 1. The van der Waals surface area contributed by atoms with Crippen LogP contribution in [0.5, 0.6) is 0 Å². The number of halogens is 2. The third-order valence-corrected chi connectivity index (χ3v) is 3.62. The molecule has 0 saturated heterocycles. The van der Waals surface area contributed by atoms with E-state index in [1.807, 2.05) is 0 Å². The maximum Gasteiger partial charge on any atom is 0.349 e. The number of hydrogen-bond acceptors (Lipinski definition) is 4. The summed E-state index contributed by atoms with van der Waals surface area (Å²) in [5.41, 5.74) is 0.441. The number of ether oxygens (including phenoxy) is 1. The molecule has 116 valence electrons. The smallest absolute Gasteiger partial charge is 0.349 e. The minimum Gasteiger partial charge on any atom is -0.457 e. The summed E-state index contributed by atoms with van der Waals surface area (Å²) in [5, 5.41) is 9.81. The van der Waals surface area contributed by atoms with E-state index in [-0.39, 0.29) is 12.2 Å². The molecule has 0 unspecified atom stereocenters. The predicted octanol–water partition coefficient (Wildman–Crippen LogP) is 4.89. The van der Waals surface area contributed by atoms with Crippen molar-refractivity contribution in [3.05, 3.63) is 64.4 Å². The maximum atomic E-state index is 11.7. The van der Waals surface area contributed by atoms with Gasteiger partial charge in [0.15, 0.2) is 0 Å². The molecule has 0 atom stereocenters. The van der Waals surface area contributed by atoms with E-state index in [9.17, 15) is 4.79 Å². The number of benzene rings is 1. The van der Waals surface area contributed by atoms with E-state index in [4.69, 9.17) is 37.6 Å². The molecule has 1 aromatic carbocycles. The van der Waals surface area contributed by atoms with E-state index in [2.05, 4.69) is 6.58 Å². The van der Waals surface area contributed by atoms with Crippen molar-refractivity contribution < 1.29 is 13.9 Å². The van der Waals surface area contributed by atoms with Gasteiger partial charge in [-0.05, 0) is 24.3 Å². The van der Waals surface area contributed by atoms with E-state index in [0.717, 1.165) is 0 Å². The molecule has 1 aromatic heterocycles. The Bertz CT molecular complexity index is 815. The molecule has 0 bridgehead atoms. The van der Waals surface area contributed by atoms with Gasteiger partial charge in [-0.1, -0.05) is 41.9 Å². The Morgan fingerprint density at radius 3 is 2.83 bits per heavy atom. The second-order valence-corrected chi connectivity index (χ2v) is 5.15. The van der Waals surface area contributed by atoms with Gasteiger partial charge in [0.2, 0.25) is 0 Å². The van der Waals surface area contributed by atoms with Crippen molar-refractivity contribution in [1.82, 2.24) is 0 Å². The highest BCUT2D eigenvalue weighted by molar-refractivity contribution is 6.43. The topological polar surface area (TPSA) is 63.2 Å². The van der Waals surface area contributed by atoms with Crippen LogP contribution in [0.3, 0.4) is 0 Å². The molecule has 23 heavy (non-hydrogen) atoms. The van der Waals surface area contributed by atoms with Gasteiger partial charge in [0.05, 0.1) is 10.0 Å². The molecule has 0 spiro atoms. The predicted molar refractivity (Wildman–Crippen MR) is 88.9 cm³/mol. The van der Waals surface area contributed by atoms with Gasteiger partial charge in [-0.15, -0.1) is 0 Å². The first-order chi connectivity index (χ1) is 11.1. The molecule has 0 radical (unpaired) electrons. The van der Waals surface area contributed by atoms with Crippen molar-refractivity contribution in [3.63, 3.8) is 0 Å². The van der Waals surface area contributed by atoms with Crippen LogP contribution in [0.25, 0.3) is 17.4 Å². The molecule has 4 nitrogen and oxygen atoms in total. The van der Waals surface area contributed by atoms with Gasteiger partial charge in [0.1, 0.15) is 29.8 Å². The first-order valence-corrected chi connectivity index (χ1v) is 7.26. The molecule has 1 heterocycles. The second-order valence-electron chi connectivity index (χ2n) is 4.36. The van der Waals surface area contributed by atoms with Crippen molar-refractivity contribution in [2.45, 2.75) is 0 Å². The van der Waals surface area contributed by atoms with E-state index in [1.54, 1.807) is 36.4 Å². The van der Waals surface area contributed by atoms with Crippen LogP contribution in [0.4, 0.5) is 0 Å². The van der Waals surface area contributed by atoms with E-state index >= 15 is 0 Å². The van der Waals surface area contributed by atoms with Crippen LogP contribution in [0.2, 0.25) is 10.0 Å². The van der Waals surface area contributed by atoms with Gasteiger partial charge < -0.3 is 9.15 Å². The molecule has 0 aliphatic carbocycles. The molecular formula is C17H11Cl2NO3. The average Bonchev–Trinajstić information content (AvgIpc) is 3.01. The molecule has 2 aromatic rings. The zero-order valence-corrected chi connectivity index (χ0v) is 13.4. The normalized spacial score (nSPS) is 10.9. The highest BCUT2D eigenvalue weighted by atomic mass is 35.5. The lowest BCUT2D eigenvalue weighted by atomic mass is 10.2. The average molecular weight is 348 g/mol. The highest BCUT2D eigenvalue weighted by Crippen LogP contribution is 2.34. The molecule has 0 amide bonds. The van der Waals surface area contributed by atoms with Crippen LogP contribution in [-0.2, 0) is 9.53 Å². The van der Waals surface area contributed by atoms with E-state index in [1.165, 1.54) is 12.2 Å². The van der Waals surface area contributed by atoms with Crippen molar-refractivity contribution in [1.29, 1.82) is 5.26 Å². The van der Waals surface area contributed by atoms with Gasteiger partial charge in [-0.25, -0.2) is 4.79 Å². The van der Waals surface area contributed by atoms with Crippen molar-refractivity contribution in [3.8, 4) is 17.4 Å². The summed E-state index contributed by atoms with van der Waals surface area (Å²) >= 11 is 12.1. The minimum atomic E-state index is -0.744. The zero-order valence-electron chi connectivity index (χ0n) is 11.9. The molecular weight excluding hydrogens is 337 g/mol. The van der Waals surface area contributed by atoms with Crippen LogP contribution in [0.15, 0.2) is 53.0 Å². The molecule has 2 rings (SSSR count). The van der Waals surface area contributed by atoms with Crippen molar-refractivity contribution >= 4 is 35.2 Å². The molecule has 0 aliphatic rings. The van der Waals surface area contributed by atoms with Crippen LogP contribution in [-0.4, -0.2) is 12.6 Å². The monoisotopic (exact) mass is 347 g/mol. The summed E-state index contributed by atoms with van der Waals surface area (Å²) < 4.78 is 10.4. The van der Waals surface area contributed by atoms with Crippen molar-refractivity contribution in [2.75, 3.05) is 6.61 Å². The quantitative estimate of drug-likeness (QED) is 0.334. The van der Waals surface area contributed by atoms with Crippen LogP contribution >= 0.6 is 23.2 Å². The third kappa shape index (κ3) is 4.04. The number of hydrogen-bond donors (Lipinski definition) is 0. The Morgan fingerprint density at radius 2 is 2.13 bits per heavy atom. The lowest BCUT2D eigenvalue weighted by molar-refractivity contribution is -0.137. The molecule has 0 aliphatic heterocycles. The van der Waals surface area contributed by atoms with E-state index in [0.29, 0.717) is 27.1 Å². The van der Waals surface area contributed by atoms with Crippen LogP contribution in [0.1, 0.15) is 5.76 Å². The first-order valence-electron chi connectivity index (χ1n) is 6.51. The minimum absolute atomic E-state index is 0.0272. The highest BCUT2D eigenvalue weighted by Gasteiger charge is 2.13. The fourth-order valence-corrected chi connectivity index (χ4v) is 2.15. The Balaban J connectivity index is 2.30. The number of carbonyl (C=O) groups excluding carboxylic acids is 1. The Morgan fingerprint density at radius 1 is 1.35 bits per heavy atom. The summed E-state index contributed by atoms with van der Waals surface area (Å²) in [6.45, 7) is 3.46. The lowest BCUT2D eigenvalue weighted by Gasteiger charge is -2.02. The summed E-state index contributed by atoms with van der Waals surface area (Å²) in [6.07, 6.45) is 2.71. The fraction of sp³-hybridized carbons (Fsp3) is 0.0588. The molecule has 0 fully saturated rings. The largest absolute Gasteiger partial charge is 0.457 e. The summed E-state index contributed by atoms with van der Waals surface area (Å²) in [6, 6.07) is 10.2. The molecule has 6 heteroatoms. The maximum absolute atomic E-state index is 11.7. The molecule has 0 saturated carbocycles. The number of nitriles is 1. The molecule has 0 N–H and O–H groups in total. The Labute approximate surface area is 143 Å². The standard InChI is InChI=1S/C17H11Cl2NO3/c1-2-8-22-17(21)11(10-20)9-12-6-7-15(23-12)13-4-3-5-14(18)16(13)19/h2-7,9H,1,8H2/b11-9+.